The Labute approximate surface area is 133 Å². The van der Waals surface area contributed by atoms with Crippen LogP contribution >= 0.6 is 0 Å². The van der Waals surface area contributed by atoms with Crippen molar-refractivity contribution in [3.63, 3.8) is 0 Å². The van der Waals surface area contributed by atoms with E-state index in [-0.39, 0.29) is 36.7 Å². The number of carbonyl (C=O) groups excluding carboxylic acids is 1. The van der Waals surface area contributed by atoms with Gasteiger partial charge in [-0.05, 0) is 37.1 Å². The third-order valence-corrected chi connectivity index (χ3v) is 4.11. The van der Waals surface area contributed by atoms with Gasteiger partial charge in [0.05, 0.1) is 12.1 Å². The van der Waals surface area contributed by atoms with Gasteiger partial charge in [-0.15, -0.1) is 0 Å². The summed E-state index contributed by atoms with van der Waals surface area (Å²) >= 11 is 0. The zero-order chi connectivity index (χ0) is 16.6. The maximum atomic E-state index is 13.1. The average Bonchev–Trinajstić information content (AvgIpc) is 3.10. The standard InChI is InChI=1S/C17H18FNO4/c1-10-6-14(9-20)23-16(10)17(22)19-8-13(21)7-15(19)11-2-4-12(18)5-3-11/h2-6,13,15,20-21H,7-9H2,1H3/t13-,15+/m0/s1. The third kappa shape index (κ3) is 3.00. The maximum absolute atomic E-state index is 13.1. The number of aryl methyl sites for hydroxylation is 1. The van der Waals surface area contributed by atoms with E-state index in [1.54, 1.807) is 25.1 Å². The number of hydrogen-bond acceptors (Lipinski definition) is 4. The Kier molecular flexibility index (Phi) is 4.19. The summed E-state index contributed by atoms with van der Waals surface area (Å²) in [6, 6.07) is 7.20. The Bertz CT molecular complexity index is 710. The molecular formula is C17H18FNO4. The van der Waals surface area contributed by atoms with Crippen molar-refractivity contribution in [3.8, 4) is 0 Å². The third-order valence-electron chi connectivity index (χ3n) is 4.11. The van der Waals surface area contributed by atoms with E-state index in [2.05, 4.69) is 0 Å². The molecule has 3 rings (SSSR count). The Morgan fingerprint density at radius 3 is 2.70 bits per heavy atom. The Balaban J connectivity index is 1.91. The highest BCUT2D eigenvalue weighted by atomic mass is 19.1. The molecule has 1 aromatic carbocycles. The van der Waals surface area contributed by atoms with E-state index in [1.807, 2.05) is 0 Å². The number of benzene rings is 1. The van der Waals surface area contributed by atoms with Crippen LogP contribution in [0.25, 0.3) is 0 Å². The van der Waals surface area contributed by atoms with Crippen LogP contribution in [0.1, 0.15) is 39.9 Å². The fourth-order valence-corrected chi connectivity index (χ4v) is 3.01. The molecule has 0 unspecified atom stereocenters. The molecule has 1 aliphatic heterocycles. The molecule has 1 amide bonds. The second-order valence-corrected chi connectivity index (χ2v) is 5.80. The molecule has 2 aromatic rings. The van der Waals surface area contributed by atoms with Gasteiger partial charge >= 0.3 is 0 Å². The van der Waals surface area contributed by atoms with Crippen molar-refractivity contribution in [2.24, 2.45) is 0 Å². The highest BCUT2D eigenvalue weighted by molar-refractivity contribution is 5.93. The van der Waals surface area contributed by atoms with Crippen molar-refractivity contribution in [2.45, 2.75) is 32.1 Å². The van der Waals surface area contributed by atoms with Gasteiger partial charge in [-0.1, -0.05) is 12.1 Å². The second kappa shape index (κ2) is 6.14. The van der Waals surface area contributed by atoms with Crippen molar-refractivity contribution in [1.29, 1.82) is 0 Å². The van der Waals surface area contributed by atoms with Gasteiger partial charge in [-0.3, -0.25) is 4.79 Å². The molecule has 0 aliphatic carbocycles. The van der Waals surface area contributed by atoms with Crippen molar-refractivity contribution in [2.75, 3.05) is 6.54 Å². The van der Waals surface area contributed by atoms with Crippen molar-refractivity contribution < 1.29 is 23.8 Å². The summed E-state index contributed by atoms with van der Waals surface area (Å²) in [5.41, 5.74) is 1.40. The summed E-state index contributed by atoms with van der Waals surface area (Å²) in [4.78, 5) is 14.3. The Morgan fingerprint density at radius 2 is 2.09 bits per heavy atom. The van der Waals surface area contributed by atoms with Crippen LogP contribution in [0.5, 0.6) is 0 Å². The SMILES string of the molecule is Cc1cc(CO)oc1C(=O)N1C[C@@H](O)C[C@@H]1c1ccc(F)cc1. The molecular weight excluding hydrogens is 301 g/mol. The lowest BCUT2D eigenvalue weighted by Crippen LogP contribution is -2.32. The molecule has 6 heteroatoms. The molecule has 0 saturated carbocycles. The quantitative estimate of drug-likeness (QED) is 0.909. The molecule has 0 bridgehead atoms. The van der Waals surface area contributed by atoms with Crippen LogP contribution in [0.15, 0.2) is 34.7 Å². The second-order valence-electron chi connectivity index (χ2n) is 5.80. The number of halogens is 1. The normalized spacial score (nSPS) is 21.0. The molecule has 0 radical (unpaired) electrons. The minimum absolute atomic E-state index is 0.162. The van der Waals surface area contributed by atoms with Gasteiger partial charge in [0.15, 0.2) is 5.76 Å². The minimum atomic E-state index is -0.637. The number of amides is 1. The lowest BCUT2D eigenvalue weighted by atomic mass is 10.0. The summed E-state index contributed by atoms with van der Waals surface area (Å²) in [5, 5.41) is 19.1. The zero-order valence-electron chi connectivity index (χ0n) is 12.7. The first-order valence-corrected chi connectivity index (χ1v) is 7.44. The molecule has 2 atom stereocenters. The highest BCUT2D eigenvalue weighted by Gasteiger charge is 2.37. The first-order chi connectivity index (χ1) is 11.0. The maximum Gasteiger partial charge on any atom is 0.290 e. The molecule has 0 spiro atoms. The van der Waals surface area contributed by atoms with E-state index >= 15 is 0 Å². The van der Waals surface area contributed by atoms with Gasteiger partial charge in [0.25, 0.3) is 5.91 Å². The monoisotopic (exact) mass is 319 g/mol. The lowest BCUT2D eigenvalue weighted by Gasteiger charge is -2.24. The first-order valence-electron chi connectivity index (χ1n) is 7.44. The van der Waals surface area contributed by atoms with Crippen molar-refractivity contribution >= 4 is 5.91 Å². The molecule has 122 valence electrons. The van der Waals surface area contributed by atoms with Gasteiger partial charge in [0.1, 0.15) is 18.2 Å². The molecule has 1 fully saturated rings. The number of hydrogen-bond donors (Lipinski definition) is 2. The first kappa shape index (κ1) is 15.7. The number of β-amino-alcohol motifs (C(OH)–C–C–N with tert-alkyl or cyclic N) is 1. The minimum Gasteiger partial charge on any atom is -0.453 e. The summed E-state index contributed by atoms with van der Waals surface area (Å²) in [7, 11) is 0. The van der Waals surface area contributed by atoms with Crippen LogP contribution in [0.2, 0.25) is 0 Å². The van der Waals surface area contributed by atoms with Crippen molar-refractivity contribution in [3.05, 3.63) is 58.8 Å². The van der Waals surface area contributed by atoms with E-state index in [4.69, 9.17) is 9.52 Å². The molecule has 2 N–H and O–H groups in total. The van der Waals surface area contributed by atoms with Crippen molar-refractivity contribution in [1.82, 2.24) is 4.90 Å². The fraction of sp³-hybridized carbons (Fsp3) is 0.353. The number of aliphatic hydroxyl groups excluding tert-OH is 2. The van der Waals surface area contributed by atoms with Crippen LogP contribution in [-0.2, 0) is 6.61 Å². The van der Waals surface area contributed by atoms with E-state index in [0.717, 1.165) is 5.56 Å². The van der Waals surface area contributed by atoms with Crippen LogP contribution < -0.4 is 0 Å². The van der Waals surface area contributed by atoms with Gasteiger partial charge in [0.2, 0.25) is 0 Å². The van der Waals surface area contributed by atoms with Crippen LogP contribution in [-0.4, -0.2) is 33.7 Å². The molecule has 1 saturated heterocycles. The molecule has 2 heterocycles. The summed E-state index contributed by atoms with van der Waals surface area (Å²) < 4.78 is 18.5. The van der Waals surface area contributed by atoms with Gasteiger partial charge < -0.3 is 19.5 Å². The zero-order valence-corrected chi connectivity index (χ0v) is 12.7. The van der Waals surface area contributed by atoms with Gasteiger partial charge in [0, 0.05) is 12.1 Å². The topological polar surface area (TPSA) is 73.9 Å². The number of nitrogens with zero attached hydrogens (tertiary/aromatic N) is 1. The van der Waals surface area contributed by atoms with E-state index in [9.17, 15) is 14.3 Å². The fourth-order valence-electron chi connectivity index (χ4n) is 3.01. The van der Waals surface area contributed by atoms with Crippen LogP contribution in [0.3, 0.4) is 0 Å². The lowest BCUT2D eigenvalue weighted by molar-refractivity contribution is 0.0678. The predicted molar refractivity (Wildman–Crippen MR) is 80.2 cm³/mol. The Morgan fingerprint density at radius 1 is 1.39 bits per heavy atom. The summed E-state index contributed by atoms with van der Waals surface area (Å²) in [6.45, 7) is 1.64. The van der Waals surface area contributed by atoms with E-state index < -0.39 is 6.10 Å². The summed E-state index contributed by atoms with van der Waals surface area (Å²) in [6.07, 6.45) is -0.245. The highest BCUT2D eigenvalue weighted by Crippen LogP contribution is 2.34. The van der Waals surface area contributed by atoms with Gasteiger partial charge in [-0.2, -0.15) is 0 Å². The smallest absolute Gasteiger partial charge is 0.290 e. The number of carbonyl (C=O) groups is 1. The van der Waals surface area contributed by atoms with Crippen LogP contribution in [0.4, 0.5) is 4.39 Å². The molecule has 5 nitrogen and oxygen atoms in total. The molecule has 1 aromatic heterocycles. The van der Waals surface area contributed by atoms with E-state index in [0.29, 0.717) is 17.7 Å². The molecule has 1 aliphatic rings. The Hall–Kier alpha value is -2.18. The van der Waals surface area contributed by atoms with Gasteiger partial charge in [-0.25, -0.2) is 4.39 Å². The molecule has 23 heavy (non-hydrogen) atoms. The predicted octanol–water partition coefficient (Wildman–Crippen LogP) is 2.17. The largest absolute Gasteiger partial charge is 0.453 e. The number of aliphatic hydroxyl groups is 2. The number of rotatable bonds is 3. The number of likely N-dealkylation sites (tertiary alicyclic amines) is 1. The average molecular weight is 319 g/mol. The van der Waals surface area contributed by atoms with E-state index in [1.165, 1.54) is 17.0 Å². The number of furan rings is 1. The van der Waals surface area contributed by atoms with Crippen LogP contribution in [0, 0.1) is 12.7 Å². The summed E-state index contributed by atoms with van der Waals surface area (Å²) in [5.74, 6) is -0.202.